The normalized spacial score (nSPS) is 13.3. The second kappa shape index (κ2) is 7.11. The Balaban J connectivity index is 1.97. The molecule has 0 bridgehead atoms. The fraction of sp³-hybridized carbons (Fsp3) is 0.316. The van der Waals surface area contributed by atoms with Crippen molar-refractivity contribution >= 4 is 23.2 Å². The van der Waals surface area contributed by atoms with E-state index in [0.29, 0.717) is 18.2 Å². The van der Waals surface area contributed by atoms with E-state index in [0.717, 1.165) is 24.1 Å². The smallest absolute Gasteiger partial charge is 0.250 e. The summed E-state index contributed by atoms with van der Waals surface area (Å²) < 4.78 is 15.7. The number of nitrogens with zero attached hydrogens (tertiary/aromatic N) is 3. The number of hydrogen-bond donors (Lipinski definition) is 1. The first-order chi connectivity index (χ1) is 12.4. The van der Waals surface area contributed by atoms with Gasteiger partial charge < -0.3 is 10.2 Å². The fourth-order valence-electron chi connectivity index (χ4n) is 2.93. The molecule has 7 heteroatoms. The van der Waals surface area contributed by atoms with Gasteiger partial charge in [-0.3, -0.25) is 14.3 Å². The number of anilines is 2. The third-order valence-electron chi connectivity index (χ3n) is 4.43. The molecule has 1 heterocycles. The zero-order valence-corrected chi connectivity index (χ0v) is 14.8. The molecule has 1 aliphatic carbocycles. The summed E-state index contributed by atoms with van der Waals surface area (Å²) in [6.07, 6.45) is 5.31. The van der Waals surface area contributed by atoms with Crippen LogP contribution in [0.25, 0.3) is 0 Å². The van der Waals surface area contributed by atoms with Crippen LogP contribution in [0.4, 0.5) is 15.8 Å². The lowest BCUT2D eigenvalue weighted by Crippen LogP contribution is -2.30. The minimum Gasteiger partial charge on any atom is -0.324 e. The number of nitrogens with one attached hydrogen (secondary N) is 1. The van der Waals surface area contributed by atoms with Gasteiger partial charge in [0.15, 0.2) is 0 Å². The average molecular weight is 356 g/mol. The van der Waals surface area contributed by atoms with Crippen LogP contribution in [0.5, 0.6) is 0 Å². The van der Waals surface area contributed by atoms with Crippen LogP contribution in [0.15, 0.2) is 37.1 Å². The maximum Gasteiger partial charge on any atom is 0.250 e. The average Bonchev–Trinajstić information content (AvgIpc) is 3.38. The van der Waals surface area contributed by atoms with E-state index in [2.05, 4.69) is 17.0 Å². The number of hydrogen-bond acceptors (Lipinski definition) is 3. The third-order valence-corrected chi connectivity index (χ3v) is 4.43. The van der Waals surface area contributed by atoms with Gasteiger partial charge in [-0.1, -0.05) is 6.58 Å². The molecule has 1 N–H and O–H groups in total. The molecule has 26 heavy (non-hydrogen) atoms. The number of rotatable bonds is 6. The molecule has 0 aliphatic heterocycles. The monoisotopic (exact) mass is 356 g/mol. The molecular weight excluding hydrogens is 335 g/mol. The molecule has 0 atom stereocenters. The van der Waals surface area contributed by atoms with E-state index >= 15 is 0 Å². The summed E-state index contributed by atoms with van der Waals surface area (Å²) in [4.78, 5) is 25.2. The Morgan fingerprint density at radius 1 is 1.46 bits per heavy atom. The molecule has 1 aromatic heterocycles. The molecule has 0 spiro atoms. The van der Waals surface area contributed by atoms with Crippen molar-refractivity contribution in [3.8, 4) is 0 Å². The molecule has 0 radical (unpaired) electrons. The van der Waals surface area contributed by atoms with Crippen LogP contribution in [0.3, 0.4) is 0 Å². The summed E-state index contributed by atoms with van der Waals surface area (Å²) in [5.41, 5.74) is 2.58. The highest BCUT2D eigenvalue weighted by atomic mass is 19.1. The molecule has 0 saturated heterocycles. The van der Waals surface area contributed by atoms with E-state index in [-0.39, 0.29) is 17.5 Å². The summed E-state index contributed by atoms with van der Waals surface area (Å²) >= 11 is 0. The Bertz CT molecular complexity index is 870. The van der Waals surface area contributed by atoms with E-state index in [1.54, 1.807) is 4.68 Å². The molecule has 2 aromatic rings. The van der Waals surface area contributed by atoms with Crippen LogP contribution in [0, 0.1) is 5.82 Å². The summed E-state index contributed by atoms with van der Waals surface area (Å²) in [6.45, 7) is 5.15. The van der Waals surface area contributed by atoms with Gasteiger partial charge in [-0.15, -0.1) is 0 Å². The summed E-state index contributed by atoms with van der Waals surface area (Å²) in [6, 6.07) is 4.19. The number of halogens is 1. The van der Waals surface area contributed by atoms with Gasteiger partial charge in [-0.25, -0.2) is 4.39 Å². The van der Waals surface area contributed by atoms with Gasteiger partial charge in [0, 0.05) is 19.7 Å². The number of carbonyl (C=O) groups is 2. The minimum atomic E-state index is -0.561. The second-order valence-corrected chi connectivity index (χ2v) is 6.42. The van der Waals surface area contributed by atoms with Crippen LogP contribution < -0.4 is 10.2 Å². The number of carbonyl (C=O) groups excluding carboxylic acids is 2. The SMILES string of the molecule is C=CC(=O)N(Cc1c(C2CC2)cnn1C)c1ccc(F)c(NC(C)=O)c1. The van der Waals surface area contributed by atoms with Gasteiger partial charge >= 0.3 is 0 Å². The molecule has 136 valence electrons. The molecule has 0 unspecified atom stereocenters. The number of amides is 2. The van der Waals surface area contributed by atoms with Gasteiger partial charge in [0.1, 0.15) is 5.82 Å². The highest BCUT2D eigenvalue weighted by molar-refractivity contribution is 6.01. The van der Waals surface area contributed by atoms with E-state index in [1.165, 1.54) is 36.1 Å². The third kappa shape index (κ3) is 3.66. The second-order valence-electron chi connectivity index (χ2n) is 6.42. The number of benzene rings is 1. The highest BCUT2D eigenvalue weighted by Crippen LogP contribution is 2.42. The lowest BCUT2D eigenvalue weighted by atomic mass is 10.1. The minimum absolute atomic E-state index is 0.0317. The Morgan fingerprint density at radius 2 is 2.19 bits per heavy atom. The van der Waals surface area contributed by atoms with Crippen LogP contribution >= 0.6 is 0 Å². The van der Waals surface area contributed by atoms with Crippen molar-refractivity contribution in [3.63, 3.8) is 0 Å². The van der Waals surface area contributed by atoms with Gasteiger partial charge in [-0.2, -0.15) is 5.10 Å². The first-order valence-electron chi connectivity index (χ1n) is 8.42. The van der Waals surface area contributed by atoms with E-state index in [4.69, 9.17) is 0 Å². The van der Waals surface area contributed by atoms with E-state index in [1.807, 2.05) is 13.2 Å². The van der Waals surface area contributed by atoms with Gasteiger partial charge in [0.05, 0.1) is 24.1 Å². The summed E-state index contributed by atoms with van der Waals surface area (Å²) in [5, 5.41) is 6.76. The summed E-state index contributed by atoms with van der Waals surface area (Å²) in [5.74, 6) is -0.768. The van der Waals surface area contributed by atoms with Gasteiger partial charge in [-0.05, 0) is 48.6 Å². The molecule has 1 aromatic carbocycles. The van der Waals surface area contributed by atoms with Crippen LogP contribution in [0.1, 0.15) is 36.9 Å². The topological polar surface area (TPSA) is 67.2 Å². The Morgan fingerprint density at radius 3 is 2.81 bits per heavy atom. The summed E-state index contributed by atoms with van der Waals surface area (Å²) in [7, 11) is 1.84. The lowest BCUT2D eigenvalue weighted by molar-refractivity contribution is -0.115. The number of aromatic nitrogens is 2. The maximum absolute atomic E-state index is 13.9. The molecule has 3 rings (SSSR count). The van der Waals surface area contributed by atoms with Gasteiger partial charge in [0.2, 0.25) is 5.91 Å². The fourth-order valence-corrected chi connectivity index (χ4v) is 2.93. The first-order valence-corrected chi connectivity index (χ1v) is 8.42. The van der Waals surface area contributed by atoms with Crippen molar-refractivity contribution < 1.29 is 14.0 Å². The van der Waals surface area contributed by atoms with E-state index < -0.39 is 5.82 Å². The zero-order chi connectivity index (χ0) is 18.8. The van der Waals surface area contributed by atoms with Crippen molar-refractivity contribution in [2.75, 3.05) is 10.2 Å². The van der Waals surface area contributed by atoms with Crippen LogP contribution in [0.2, 0.25) is 0 Å². The van der Waals surface area contributed by atoms with Crippen molar-refractivity contribution in [2.24, 2.45) is 7.05 Å². The Labute approximate surface area is 151 Å². The van der Waals surface area contributed by atoms with Crippen LogP contribution in [-0.2, 0) is 23.2 Å². The Hall–Kier alpha value is -2.96. The molecule has 2 amide bonds. The van der Waals surface area contributed by atoms with Crippen molar-refractivity contribution in [1.82, 2.24) is 9.78 Å². The predicted octanol–water partition coefficient (Wildman–Crippen LogP) is 3.11. The van der Waals surface area contributed by atoms with E-state index in [9.17, 15) is 14.0 Å². The molecule has 6 nitrogen and oxygen atoms in total. The molecule has 1 aliphatic rings. The predicted molar refractivity (Wildman–Crippen MR) is 97.3 cm³/mol. The van der Waals surface area contributed by atoms with Crippen molar-refractivity contribution in [2.45, 2.75) is 32.2 Å². The number of aryl methyl sites for hydroxylation is 1. The van der Waals surface area contributed by atoms with Crippen molar-refractivity contribution in [1.29, 1.82) is 0 Å². The lowest BCUT2D eigenvalue weighted by Gasteiger charge is -2.23. The molecular formula is C19H21FN4O2. The van der Waals surface area contributed by atoms with Gasteiger partial charge in [0.25, 0.3) is 5.91 Å². The quantitative estimate of drug-likeness (QED) is 0.809. The zero-order valence-electron chi connectivity index (χ0n) is 14.8. The largest absolute Gasteiger partial charge is 0.324 e. The standard InChI is InChI=1S/C19H21FN4O2/c1-4-19(26)24(11-18-15(13-5-6-13)10-21-23(18)3)14-7-8-16(20)17(9-14)22-12(2)25/h4,7-10,13H,1,5-6,11H2,2-3H3,(H,22,25). The van der Waals surface area contributed by atoms with Crippen LogP contribution in [-0.4, -0.2) is 21.6 Å². The molecule has 1 saturated carbocycles. The Kier molecular flexibility index (Phi) is 4.88. The first kappa shape index (κ1) is 17.8. The maximum atomic E-state index is 13.9. The highest BCUT2D eigenvalue weighted by Gasteiger charge is 2.29. The van der Waals surface area contributed by atoms with Crippen molar-refractivity contribution in [3.05, 3.63) is 54.1 Å². The molecule has 1 fully saturated rings.